The van der Waals surface area contributed by atoms with Gasteiger partial charge in [-0.05, 0) is 7.05 Å². The van der Waals surface area contributed by atoms with Gasteiger partial charge in [0.05, 0.1) is 6.42 Å². The Hall–Kier alpha value is -1.10. The number of carboxylic acids is 1. The molecule has 1 unspecified atom stereocenters. The maximum absolute atomic E-state index is 10.2. The quantitative estimate of drug-likeness (QED) is 0.541. The summed E-state index contributed by atoms with van der Waals surface area (Å²) in [6.45, 7) is 4.00. The normalized spacial score (nSPS) is 10.9. The lowest BCUT2D eigenvalue weighted by Gasteiger charge is -2.06. The Bertz CT molecular complexity index is 148. The molecule has 0 aliphatic rings. The number of amides is 1. The van der Waals surface area contributed by atoms with Gasteiger partial charge in [-0.3, -0.25) is 9.59 Å². The molecule has 72 valence electrons. The second-order valence-electron chi connectivity index (χ2n) is 1.85. The third-order valence-corrected chi connectivity index (χ3v) is 1.05. The Labute approximate surface area is 71.9 Å². The Morgan fingerprint density at radius 3 is 2.00 bits per heavy atom. The molecule has 12 heavy (non-hydrogen) atoms. The van der Waals surface area contributed by atoms with Gasteiger partial charge in [-0.2, -0.15) is 0 Å². The maximum atomic E-state index is 10.2. The van der Waals surface area contributed by atoms with Gasteiger partial charge in [0.1, 0.15) is 6.04 Å². The van der Waals surface area contributed by atoms with E-state index < -0.39 is 17.9 Å². The molecule has 0 aromatic carbocycles. The van der Waals surface area contributed by atoms with Crippen molar-refractivity contribution in [3.63, 3.8) is 0 Å². The van der Waals surface area contributed by atoms with E-state index in [1.807, 2.05) is 13.8 Å². The highest BCUT2D eigenvalue weighted by Crippen LogP contribution is 1.88. The van der Waals surface area contributed by atoms with Crippen LogP contribution in [-0.4, -0.2) is 30.1 Å². The number of hydrogen-bond donors (Lipinski definition) is 3. The molecule has 0 radical (unpaired) electrons. The number of primary amides is 1. The van der Waals surface area contributed by atoms with E-state index >= 15 is 0 Å². The van der Waals surface area contributed by atoms with Gasteiger partial charge in [-0.15, -0.1) is 0 Å². The zero-order chi connectivity index (χ0) is 10.1. The minimum atomic E-state index is -1.07. The topological polar surface area (TPSA) is 92.4 Å². The summed E-state index contributed by atoms with van der Waals surface area (Å²) in [4.78, 5) is 20.4. The smallest absolute Gasteiger partial charge is 0.321 e. The lowest BCUT2D eigenvalue weighted by Crippen LogP contribution is -2.37. The van der Waals surface area contributed by atoms with Gasteiger partial charge in [-0.25, -0.2) is 0 Å². The molecule has 5 nitrogen and oxygen atoms in total. The number of aliphatic carboxylic acids is 1. The van der Waals surface area contributed by atoms with Gasteiger partial charge in [-0.1, -0.05) is 13.8 Å². The van der Waals surface area contributed by atoms with Gasteiger partial charge >= 0.3 is 5.97 Å². The first kappa shape index (κ1) is 13.5. The van der Waals surface area contributed by atoms with Crippen LogP contribution in [0.3, 0.4) is 0 Å². The minimum absolute atomic E-state index is 0.175. The largest absolute Gasteiger partial charge is 0.480 e. The van der Waals surface area contributed by atoms with E-state index in [1.54, 1.807) is 0 Å². The zero-order valence-corrected chi connectivity index (χ0v) is 7.63. The monoisotopic (exact) mass is 176 g/mol. The molecule has 1 amide bonds. The summed E-state index contributed by atoms with van der Waals surface area (Å²) in [7, 11) is 1.46. The maximum Gasteiger partial charge on any atom is 0.321 e. The molecule has 0 aromatic rings. The summed E-state index contributed by atoms with van der Waals surface area (Å²) >= 11 is 0. The van der Waals surface area contributed by atoms with Crippen molar-refractivity contribution in [1.82, 2.24) is 5.32 Å². The van der Waals surface area contributed by atoms with E-state index in [2.05, 4.69) is 5.32 Å². The number of likely N-dealkylation sites (N-methyl/N-ethyl adjacent to an activating group) is 1. The fourth-order valence-electron chi connectivity index (χ4n) is 0.514. The van der Waals surface area contributed by atoms with E-state index in [0.29, 0.717) is 0 Å². The summed E-state index contributed by atoms with van der Waals surface area (Å²) in [6.07, 6.45) is -0.175. The highest BCUT2D eigenvalue weighted by molar-refractivity contribution is 5.83. The molecule has 0 aliphatic heterocycles. The minimum Gasteiger partial charge on any atom is -0.480 e. The molecule has 0 saturated carbocycles. The second kappa shape index (κ2) is 8.00. The molecule has 0 fully saturated rings. The number of carbonyl (C=O) groups is 2. The van der Waals surface area contributed by atoms with Crippen molar-refractivity contribution in [2.75, 3.05) is 7.05 Å². The Kier molecular flexibility index (Phi) is 8.99. The van der Waals surface area contributed by atoms with E-state index in [-0.39, 0.29) is 6.42 Å². The fraction of sp³-hybridized carbons (Fsp3) is 0.714. The summed E-state index contributed by atoms with van der Waals surface area (Å²) in [5.74, 6) is -1.69. The molecule has 5 heteroatoms. The van der Waals surface area contributed by atoms with Crippen LogP contribution in [0.2, 0.25) is 0 Å². The molecule has 0 aliphatic carbocycles. The van der Waals surface area contributed by atoms with Crippen molar-refractivity contribution in [2.45, 2.75) is 26.3 Å². The highest BCUT2D eigenvalue weighted by atomic mass is 16.4. The predicted molar refractivity (Wildman–Crippen MR) is 45.6 cm³/mol. The van der Waals surface area contributed by atoms with Crippen molar-refractivity contribution in [2.24, 2.45) is 5.73 Å². The molecule has 0 rings (SSSR count). The SMILES string of the molecule is CC.CNC(CC(N)=O)C(=O)O. The molecule has 0 saturated heterocycles. The van der Waals surface area contributed by atoms with Crippen LogP contribution in [0, 0.1) is 0 Å². The van der Waals surface area contributed by atoms with Crippen molar-refractivity contribution in [3.05, 3.63) is 0 Å². The number of hydrogen-bond acceptors (Lipinski definition) is 3. The molecule has 0 heterocycles. The fourth-order valence-corrected chi connectivity index (χ4v) is 0.514. The van der Waals surface area contributed by atoms with E-state index in [4.69, 9.17) is 10.8 Å². The molecular weight excluding hydrogens is 160 g/mol. The highest BCUT2D eigenvalue weighted by Gasteiger charge is 2.16. The third-order valence-electron chi connectivity index (χ3n) is 1.05. The van der Waals surface area contributed by atoms with Crippen LogP contribution in [0.5, 0.6) is 0 Å². The summed E-state index contributed by atoms with van der Waals surface area (Å²) < 4.78 is 0. The number of rotatable bonds is 4. The van der Waals surface area contributed by atoms with Crippen LogP contribution in [0.1, 0.15) is 20.3 Å². The van der Waals surface area contributed by atoms with E-state index in [1.165, 1.54) is 7.05 Å². The van der Waals surface area contributed by atoms with Crippen LogP contribution < -0.4 is 11.1 Å². The molecule has 0 spiro atoms. The van der Waals surface area contributed by atoms with Crippen molar-refractivity contribution >= 4 is 11.9 Å². The molecule has 1 atom stereocenters. The standard InChI is InChI=1S/C5H10N2O3.C2H6/c1-7-3(5(9)10)2-4(6)8;1-2/h3,7H,2H2,1H3,(H2,6,8)(H,9,10);1-2H3. The van der Waals surface area contributed by atoms with Gasteiger partial charge in [0.25, 0.3) is 0 Å². The van der Waals surface area contributed by atoms with Crippen LogP contribution in [0.4, 0.5) is 0 Å². The summed E-state index contributed by atoms with van der Waals surface area (Å²) in [6, 6.07) is -0.863. The van der Waals surface area contributed by atoms with Gasteiger partial charge in [0, 0.05) is 0 Å². The van der Waals surface area contributed by atoms with Gasteiger partial charge < -0.3 is 16.2 Å². The van der Waals surface area contributed by atoms with Crippen molar-refractivity contribution in [1.29, 1.82) is 0 Å². The van der Waals surface area contributed by atoms with E-state index in [9.17, 15) is 9.59 Å². The third kappa shape index (κ3) is 7.01. The number of nitrogens with two attached hydrogens (primary N) is 1. The average molecular weight is 176 g/mol. The zero-order valence-electron chi connectivity index (χ0n) is 7.63. The summed E-state index contributed by atoms with van der Waals surface area (Å²) in [5, 5.41) is 10.8. The second-order valence-corrected chi connectivity index (χ2v) is 1.85. The Balaban J connectivity index is 0. The van der Waals surface area contributed by atoms with Crippen LogP contribution >= 0.6 is 0 Å². The van der Waals surface area contributed by atoms with Crippen molar-refractivity contribution in [3.8, 4) is 0 Å². The number of nitrogens with one attached hydrogen (secondary N) is 1. The number of carboxylic acid groups (broad SMARTS) is 1. The summed E-state index contributed by atoms with van der Waals surface area (Å²) in [5.41, 5.74) is 4.76. The van der Waals surface area contributed by atoms with Gasteiger partial charge in [0.15, 0.2) is 0 Å². The van der Waals surface area contributed by atoms with Crippen LogP contribution in [0.25, 0.3) is 0 Å². The van der Waals surface area contributed by atoms with Crippen LogP contribution in [0.15, 0.2) is 0 Å². The van der Waals surface area contributed by atoms with Gasteiger partial charge in [0.2, 0.25) is 5.91 Å². The van der Waals surface area contributed by atoms with Crippen LogP contribution in [-0.2, 0) is 9.59 Å². The predicted octanol–water partition coefficient (Wildman–Crippen LogP) is -0.439. The molecule has 0 bridgehead atoms. The first-order chi connectivity index (χ1) is 5.57. The number of carbonyl (C=O) groups excluding carboxylic acids is 1. The van der Waals surface area contributed by atoms with Crippen molar-refractivity contribution < 1.29 is 14.7 Å². The molecule has 4 N–H and O–H groups in total. The molecule has 0 aromatic heterocycles. The average Bonchev–Trinajstić information content (AvgIpc) is 2.03. The first-order valence-corrected chi connectivity index (χ1v) is 3.76. The first-order valence-electron chi connectivity index (χ1n) is 3.76. The molecular formula is C7H16N2O3. The van der Waals surface area contributed by atoms with E-state index in [0.717, 1.165) is 0 Å². The lowest BCUT2D eigenvalue weighted by molar-refractivity contribution is -0.141. The lowest BCUT2D eigenvalue weighted by atomic mass is 10.2. The Morgan fingerprint density at radius 1 is 1.50 bits per heavy atom. The Morgan fingerprint density at radius 2 is 1.92 bits per heavy atom.